The summed E-state index contributed by atoms with van der Waals surface area (Å²) >= 11 is 3.44. The van der Waals surface area contributed by atoms with Crippen LogP contribution in [0, 0.1) is 5.92 Å². The highest BCUT2D eigenvalue weighted by Gasteiger charge is 2.06. The summed E-state index contributed by atoms with van der Waals surface area (Å²) in [5.74, 6) is 0.685. The largest absolute Gasteiger partial charge is 0.384 e. The molecule has 1 aromatic rings. The molecule has 0 bridgehead atoms. The van der Waals surface area contributed by atoms with E-state index in [2.05, 4.69) is 64.3 Å². The van der Waals surface area contributed by atoms with Crippen LogP contribution in [-0.2, 0) is 4.74 Å². The minimum atomic E-state index is 0.685. The number of rotatable bonds is 9. The molecule has 1 rings (SSSR count). The molecule has 0 heterocycles. The Balaban J connectivity index is 2.32. The Morgan fingerprint density at radius 1 is 1.21 bits per heavy atom. The maximum Gasteiger partial charge on any atom is 0.0589 e. The minimum absolute atomic E-state index is 0.685. The molecule has 0 unspecified atom stereocenters. The van der Waals surface area contributed by atoms with Gasteiger partial charge in [-0.15, -0.1) is 0 Å². The Morgan fingerprint density at radius 2 is 1.89 bits per heavy atom. The second-order valence-electron chi connectivity index (χ2n) is 5.12. The van der Waals surface area contributed by atoms with Crippen LogP contribution in [-0.4, -0.2) is 44.8 Å². The van der Waals surface area contributed by atoms with E-state index in [-0.39, 0.29) is 0 Å². The predicted octanol–water partition coefficient (Wildman–Crippen LogP) is 3.47. The first kappa shape index (κ1) is 16.5. The van der Waals surface area contributed by atoms with E-state index < -0.39 is 0 Å². The summed E-state index contributed by atoms with van der Waals surface area (Å²) in [4.78, 5) is 2.44. The smallest absolute Gasteiger partial charge is 0.0589 e. The van der Waals surface area contributed by atoms with Crippen molar-refractivity contribution >= 4 is 21.6 Å². The Hall–Kier alpha value is -0.580. The van der Waals surface area contributed by atoms with Gasteiger partial charge < -0.3 is 10.1 Å². The molecule has 4 heteroatoms. The second kappa shape index (κ2) is 9.34. The Labute approximate surface area is 125 Å². The SMILES string of the molecule is COCCN(CCNc1ccc(Br)cc1)CC(C)C. The van der Waals surface area contributed by atoms with Crippen molar-refractivity contribution in [3.05, 3.63) is 28.7 Å². The molecule has 19 heavy (non-hydrogen) atoms. The first-order valence-electron chi connectivity index (χ1n) is 6.82. The van der Waals surface area contributed by atoms with E-state index in [0.29, 0.717) is 5.92 Å². The van der Waals surface area contributed by atoms with E-state index in [9.17, 15) is 0 Å². The fourth-order valence-electron chi connectivity index (χ4n) is 1.96. The van der Waals surface area contributed by atoms with E-state index in [1.165, 1.54) is 5.69 Å². The van der Waals surface area contributed by atoms with Crippen LogP contribution in [0.5, 0.6) is 0 Å². The molecule has 0 aliphatic heterocycles. The average Bonchev–Trinajstić information content (AvgIpc) is 2.37. The number of hydrogen-bond donors (Lipinski definition) is 1. The first-order chi connectivity index (χ1) is 9.11. The zero-order valence-corrected chi connectivity index (χ0v) is 13.7. The van der Waals surface area contributed by atoms with E-state index in [1.54, 1.807) is 7.11 Å². The summed E-state index contributed by atoms with van der Waals surface area (Å²) in [7, 11) is 1.76. The Bertz CT molecular complexity index is 341. The topological polar surface area (TPSA) is 24.5 Å². The number of nitrogens with one attached hydrogen (secondary N) is 1. The third kappa shape index (κ3) is 7.55. The van der Waals surface area contributed by atoms with Crippen molar-refractivity contribution in [3.63, 3.8) is 0 Å². The lowest BCUT2D eigenvalue weighted by Crippen LogP contribution is -2.34. The number of ether oxygens (including phenoxy) is 1. The second-order valence-corrected chi connectivity index (χ2v) is 6.04. The Morgan fingerprint density at radius 3 is 2.47 bits per heavy atom. The fraction of sp³-hybridized carbons (Fsp3) is 0.600. The molecule has 0 amide bonds. The molecule has 1 N–H and O–H groups in total. The van der Waals surface area contributed by atoms with Crippen LogP contribution < -0.4 is 5.32 Å². The number of hydrogen-bond acceptors (Lipinski definition) is 3. The van der Waals surface area contributed by atoms with Gasteiger partial charge in [-0.1, -0.05) is 29.8 Å². The molecule has 0 aromatic heterocycles. The van der Waals surface area contributed by atoms with Crippen LogP contribution in [0.15, 0.2) is 28.7 Å². The van der Waals surface area contributed by atoms with E-state index in [1.807, 2.05) is 0 Å². The summed E-state index contributed by atoms with van der Waals surface area (Å²) < 4.78 is 6.28. The van der Waals surface area contributed by atoms with Gasteiger partial charge in [0.05, 0.1) is 6.61 Å². The van der Waals surface area contributed by atoms with Crippen molar-refractivity contribution in [2.75, 3.05) is 45.2 Å². The molecule has 0 aliphatic rings. The lowest BCUT2D eigenvalue weighted by Gasteiger charge is -2.24. The quantitative estimate of drug-likeness (QED) is 0.751. The third-order valence-corrected chi connectivity index (χ3v) is 3.37. The summed E-state index contributed by atoms with van der Waals surface area (Å²) in [6.45, 7) is 9.41. The van der Waals surface area contributed by atoms with Gasteiger partial charge >= 0.3 is 0 Å². The Kier molecular flexibility index (Phi) is 8.10. The van der Waals surface area contributed by atoms with Crippen LogP contribution in [0.2, 0.25) is 0 Å². The van der Waals surface area contributed by atoms with Crippen molar-refractivity contribution in [1.29, 1.82) is 0 Å². The summed E-state index contributed by atoms with van der Waals surface area (Å²) in [6, 6.07) is 8.29. The zero-order chi connectivity index (χ0) is 14.1. The lowest BCUT2D eigenvalue weighted by atomic mass is 10.2. The number of methoxy groups -OCH3 is 1. The van der Waals surface area contributed by atoms with Crippen LogP contribution in [0.1, 0.15) is 13.8 Å². The highest BCUT2D eigenvalue weighted by Crippen LogP contribution is 2.13. The molecule has 0 fully saturated rings. The molecule has 0 atom stereocenters. The molecular weight excluding hydrogens is 304 g/mol. The van der Waals surface area contributed by atoms with Crippen molar-refractivity contribution in [2.45, 2.75) is 13.8 Å². The first-order valence-corrected chi connectivity index (χ1v) is 7.62. The minimum Gasteiger partial charge on any atom is -0.384 e. The lowest BCUT2D eigenvalue weighted by molar-refractivity contribution is 0.143. The average molecular weight is 329 g/mol. The number of nitrogens with zero attached hydrogens (tertiary/aromatic N) is 1. The molecular formula is C15H25BrN2O. The van der Waals surface area contributed by atoms with E-state index in [0.717, 1.165) is 37.3 Å². The van der Waals surface area contributed by atoms with Gasteiger partial charge in [-0.05, 0) is 30.2 Å². The van der Waals surface area contributed by atoms with Crippen molar-refractivity contribution < 1.29 is 4.74 Å². The van der Waals surface area contributed by atoms with Crippen molar-refractivity contribution in [3.8, 4) is 0 Å². The van der Waals surface area contributed by atoms with Gasteiger partial charge in [0, 0.05) is 43.4 Å². The molecule has 0 saturated heterocycles. The van der Waals surface area contributed by atoms with Crippen LogP contribution in [0.3, 0.4) is 0 Å². The van der Waals surface area contributed by atoms with Gasteiger partial charge in [0.2, 0.25) is 0 Å². The summed E-state index contributed by atoms with van der Waals surface area (Å²) in [6.07, 6.45) is 0. The monoisotopic (exact) mass is 328 g/mol. The maximum atomic E-state index is 5.16. The number of anilines is 1. The van der Waals surface area contributed by atoms with Gasteiger partial charge in [-0.3, -0.25) is 4.90 Å². The van der Waals surface area contributed by atoms with Gasteiger partial charge in [0.25, 0.3) is 0 Å². The maximum absolute atomic E-state index is 5.16. The van der Waals surface area contributed by atoms with Crippen LogP contribution >= 0.6 is 15.9 Å². The van der Waals surface area contributed by atoms with E-state index in [4.69, 9.17) is 4.74 Å². The molecule has 3 nitrogen and oxygen atoms in total. The van der Waals surface area contributed by atoms with Crippen molar-refractivity contribution in [2.24, 2.45) is 5.92 Å². The van der Waals surface area contributed by atoms with Gasteiger partial charge in [0.15, 0.2) is 0 Å². The highest BCUT2D eigenvalue weighted by molar-refractivity contribution is 9.10. The molecule has 0 spiro atoms. The number of halogens is 1. The van der Waals surface area contributed by atoms with Crippen LogP contribution in [0.25, 0.3) is 0 Å². The van der Waals surface area contributed by atoms with Gasteiger partial charge in [-0.2, -0.15) is 0 Å². The normalized spacial score (nSPS) is 11.3. The fourth-order valence-corrected chi connectivity index (χ4v) is 2.22. The molecule has 1 aromatic carbocycles. The highest BCUT2D eigenvalue weighted by atomic mass is 79.9. The van der Waals surface area contributed by atoms with Gasteiger partial charge in [0.1, 0.15) is 0 Å². The van der Waals surface area contributed by atoms with Crippen molar-refractivity contribution in [1.82, 2.24) is 4.90 Å². The molecule has 108 valence electrons. The molecule has 0 aliphatic carbocycles. The van der Waals surface area contributed by atoms with Crippen LogP contribution in [0.4, 0.5) is 5.69 Å². The molecule has 0 saturated carbocycles. The van der Waals surface area contributed by atoms with E-state index >= 15 is 0 Å². The standard InChI is InChI=1S/C15H25BrN2O/c1-13(2)12-18(10-11-19-3)9-8-17-15-6-4-14(16)5-7-15/h4-7,13,17H,8-12H2,1-3H3. The molecule has 0 radical (unpaired) electrons. The summed E-state index contributed by atoms with van der Waals surface area (Å²) in [5, 5.41) is 3.45. The third-order valence-electron chi connectivity index (χ3n) is 2.84. The predicted molar refractivity (Wildman–Crippen MR) is 85.8 cm³/mol. The zero-order valence-electron chi connectivity index (χ0n) is 12.2. The number of benzene rings is 1. The summed E-state index contributed by atoms with van der Waals surface area (Å²) in [5.41, 5.74) is 1.17. The van der Waals surface area contributed by atoms with Gasteiger partial charge in [-0.25, -0.2) is 0 Å².